The van der Waals surface area contributed by atoms with E-state index in [2.05, 4.69) is 56.2 Å². The summed E-state index contributed by atoms with van der Waals surface area (Å²) in [4.78, 5) is 36.3. The van der Waals surface area contributed by atoms with Crippen molar-refractivity contribution in [3.8, 4) is 0 Å². The van der Waals surface area contributed by atoms with Crippen molar-refractivity contribution < 1.29 is 22.8 Å². The van der Waals surface area contributed by atoms with Gasteiger partial charge in [0.25, 0.3) is 11.8 Å². The average Bonchev–Trinajstić information content (AvgIpc) is 3.14. The second-order valence-corrected chi connectivity index (χ2v) is 15.6. The number of halogens is 1. The fourth-order valence-corrected chi connectivity index (χ4v) is 7.53. The highest BCUT2D eigenvalue weighted by Gasteiger charge is 2.28. The maximum atomic E-state index is 14.1. The summed E-state index contributed by atoms with van der Waals surface area (Å²) in [6, 6.07) is 29.4. The predicted molar refractivity (Wildman–Crippen MR) is 214 cm³/mol. The third kappa shape index (κ3) is 11.9. The highest BCUT2D eigenvalue weighted by molar-refractivity contribution is 9.10. The van der Waals surface area contributed by atoms with Crippen LogP contribution >= 0.6 is 15.9 Å². The molecule has 12 nitrogen and oxygen atoms in total. The zero-order chi connectivity index (χ0) is 38.5. The van der Waals surface area contributed by atoms with Gasteiger partial charge < -0.3 is 27.4 Å². The minimum absolute atomic E-state index is 0.0805. The molecule has 53 heavy (non-hydrogen) atoms. The summed E-state index contributed by atoms with van der Waals surface area (Å²) >= 11 is 3.44. The lowest BCUT2D eigenvalue weighted by Gasteiger charge is -2.29. The number of nitrogen functional groups attached to an aromatic ring is 1. The number of amides is 3. The maximum Gasteiger partial charge on any atom is 0.301 e. The van der Waals surface area contributed by atoms with Gasteiger partial charge in [0, 0.05) is 53.0 Å². The normalized spacial score (nSPS) is 15.8. The smallest absolute Gasteiger partial charge is 0.301 e. The molecule has 0 saturated carbocycles. The lowest BCUT2D eigenvalue weighted by atomic mass is 9.94. The molecular formula is C39H48BrN7O5S. The topological polar surface area (TPSA) is 189 Å². The number of hydrogen-bond acceptors (Lipinski definition) is 7. The number of nitrogens with two attached hydrogens (primary N) is 2. The lowest BCUT2D eigenvalue weighted by molar-refractivity contribution is -0.106. The van der Waals surface area contributed by atoms with E-state index < -0.39 is 22.0 Å². The van der Waals surface area contributed by atoms with Crippen LogP contribution in [0.4, 0.5) is 11.4 Å². The summed E-state index contributed by atoms with van der Waals surface area (Å²) in [6.45, 7) is 7.14. The van der Waals surface area contributed by atoms with Crippen LogP contribution < -0.4 is 36.4 Å². The second-order valence-electron chi connectivity index (χ2n) is 13.0. The zero-order valence-electron chi connectivity index (χ0n) is 30.1. The van der Waals surface area contributed by atoms with E-state index in [4.69, 9.17) is 10.5 Å². The number of anilines is 2. The van der Waals surface area contributed by atoms with Crippen LogP contribution in [0.1, 0.15) is 76.6 Å². The molecule has 282 valence electrons. The molecular weight excluding hydrogens is 758 g/mol. The van der Waals surface area contributed by atoms with E-state index >= 15 is 0 Å². The van der Waals surface area contributed by atoms with Crippen LogP contribution in [0.5, 0.6) is 0 Å². The van der Waals surface area contributed by atoms with Crippen LogP contribution in [0.15, 0.2) is 102 Å². The van der Waals surface area contributed by atoms with Gasteiger partial charge in [-0.1, -0.05) is 77.5 Å². The standard InChI is InChI=1S/C38H45BrN6O4S.CH3NO/c1-25(29-12-16-34(40)17-13-29)26(2)41-24-35(20-28-8-5-4-6-9-28)44-38(47)32-21-31(22-36(23-32)45-19-7-18-42-50(45,48)49)37(46)43-27(3)30-10-14-33(39)15-11-30;2-1-3/h4-6,8-17,21-23,25-27,35,41-42H,7,18-20,24,40H2,1-3H3,(H,43,46)(H,44,47);1H,(H2,2,3)/t25?,26-,27+,35-;/m0./s1. The molecule has 1 unspecified atom stereocenters. The van der Waals surface area contributed by atoms with Gasteiger partial charge in [0.15, 0.2) is 0 Å². The molecule has 1 heterocycles. The Morgan fingerprint density at radius 1 is 0.887 bits per heavy atom. The van der Waals surface area contributed by atoms with Gasteiger partial charge in [-0.25, -0.2) is 0 Å². The monoisotopic (exact) mass is 805 g/mol. The molecule has 0 radical (unpaired) electrons. The molecule has 4 atom stereocenters. The summed E-state index contributed by atoms with van der Waals surface area (Å²) in [7, 11) is -3.85. The first-order valence-corrected chi connectivity index (χ1v) is 19.6. The molecule has 4 aromatic rings. The molecule has 1 aliphatic heterocycles. The van der Waals surface area contributed by atoms with Crippen LogP contribution in [-0.4, -0.2) is 58.4 Å². The molecule has 3 amide bonds. The van der Waals surface area contributed by atoms with E-state index in [0.29, 0.717) is 31.6 Å². The Kier molecular flexibility index (Phi) is 15.0. The maximum absolute atomic E-state index is 14.1. The first-order valence-electron chi connectivity index (χ1n) is 17.4. The van der Waals surface area contributed by atoms with Crippen molar-refractivity contribution in [3.05, 3.63) is 129 Å². The molecule has 0 spiro atoms. The highest BCUT2D eigenvalue weighted by atomic mass is 79.9. The Labute approximate surface area is 320 Å². The second kappa shape index (κ2) is 19.4. The number of nitrogens with zero attached hydrogens (tertiary/aromatic N) is 1. The van der Waals surface area contributed by atoms with Gasteiger partial charge >= 0.3 is 10.2 Å². The average molecular weight is 807 g/mol. The van der Waals surface area contributed by atoms with Crippen LogP contribution in [0, 0.1) is 0 Å². The summed E-state index contributed by atoms with van der Waals surface area (Å²) in [5.41, 5.74) is 14.5. The van der Waals surface area contributed by atoms with E-state index in [1.807, 2.05) is 85.8 Å². The third-order valence-corrected chi connectivity index (χ3v) is 11.2. The van der Waals surface area contributed by atoms with Crippen LogP contribution in [0.25, 0.3) is 0 Å². The van der Waals surface area contributed by atoms with Gasteiger partial charge in [0.05, 0.1) is 11.7 Å². The van der Waals surface area contributed by atoms with Gasteiger partial charge in [-0.15, -0.1) is 0 Å². The van der Waals surface area contributed by atoms with Crippen molar-refractivity contribution in [2.24, 2.45) is 5.73 Å². The van der Waals surface area contributed by atoms with Gasteiger partial charge in [0.2, 0.25) is 6.41 Å². The van der Waals surface area contributed by atoms with Crippen LogP contribution in [0.2, 0.25) is 0 Å². The van der Waals surface area contributed by atoms with Crippen molar-refractivity contribution in [3.63, 3.8) is 0 Å². The quantitative estimate of drug-likeness (QED) is 0.0828. The fourth-order valence-electron chi connectivity index (χ4n) is 5.96. The number of nitrogens with one attached hydrogen (secondary N) is 4. The molecule has 5 rings (SSSR count). The minimum atomic E-state index is -3.85. The number of hydrogen-bond donors (Lipinski definition) is 6. The zero-order valence-corrected chi connectivity index (χ0v) is 32.5. The van der Waals surface area contributed by atoms with Crippen molar-refractivity contribution in [1.82, 2.24) is 20.7 Å². The van der Waals surface area contributed by atoms with Crippen molar-refractivity contribution in [1.29, 1.82) is 0 Å². The van der Waals surface area contributed by atoms with Crippen LogP contribution in [-0.2, 0) is 21.4 Å². The molecule has 0 bridgehead atoms. The largest absolute Gasteiger partial charge is 0.399 e. The Hall–Kier alpha value is -4.76. The summed E-state index contributed by atoms with van der Waals surface area (Å²) in [5, 5.41) is 9.78. The predicted octanol–water partition coefficient (Wildman–Crippen LogP) is 4.79. The molecule has 14 heteroatoms. The minimum Gasteiger partial charge on any atom is -0.399 e. The van der Waals surface area contributed by atoms with E-state index in [1.54, 1.807) is 0 Å². The number of primary amides is 1. The number of benzene rings is 4. The van der Waals surface area contributed by atoms with E-state index in [0.717, 1.165) is 21.2 Å². The summed E-state index contributed by atoms with van der Waals surface area (Å²) in [6.07, 6.45) is 1.39. The van der Waals surface area contributed by atoms with Gasteiger partial charge in [-0.2, -0.15) is 13.1 Å². The number of carbonyl (C=O) groups excluding carboxylic acids is 3. The highest BCUT2D eigenvalue weighted by Crippen LogP contribution is 2.26. The molecule has 0 aromatic heterocycles. The number of rotatable bonds is 13. The first-order chi connectivity index (χ1) is 25.3. The summed E-state index contributed by atoms with van der Waals surface area (Å²) in [5.74, 6) is -0.654. The van der Waals surface area contributed by atoms with Gasteiger partial charge in [-0.3, -0.25) is 18.7 Å². The summed E-state index contributed by atoms with van der Waals surface area (Å²) < 4.78 is 30.8. The molecule has 8 N–H and O–H groups in total. The molecule has 1 saturated heterocycles. The van der Waals surface area contributed by atoms with Crippen molar-refractivity contribution in [2.75, 3.05) is 29.7 Å². The SMILES string of the molecule is CC(c1ccc(N)cc1)[C@H](C)NC[C@H](Cc1ccccc1)NC(=O)c1cc(C(=O)N[C@H](C)c2ccc(Br)cc2)cc(N2CCCNS2(=O)=O)c1.NC=O. The Morgan fingerprint density at radius 2 is 1.47 bits per heavy atom. The van der Waals surface area contributed by atoms with Gasteiger partial charge in [0.1, 0.15) is 0 Å². The Morgan fingerprint density at radius 3 is 2.08 bits per heavy atom. The van der Waals surface area contributed by atoms with Crippen molar-refractivity contribution >= 4 is 55.7 Å². The molecule has 1 fully saturated rings. The number of carbonyl (C=O) groups is 3. The Bertz CT molecular complexity index is 1930. The lowest BCUT2D eigenvalue weighted by Crippen LogP contribution is -2.47. The van der Waals surface area contributed by atoms with Gasteiger partial charge in [-0.05, 0) is 91.8 Å². The molecule has 4 aromatic carbocycles. The van der Waals surface area contributed by atoms with E-state index in [1.165, 1.54) is 22.5 Å². The first kappa shape index (κ1) is 41.0. The fraction of sp³-hybridized carbons (Fsp3) is 0.308. The van der Waals surface area contributed by atoms with Crippen molar-refractivity contribution in [2.45, 2.75) is 57.7 Å². The third-order valence-electron chi connectivity index (χ3n) is 9.12. The van der Waals surface area contributed by atoms with E-state index in [9.17, 15) is 18.0 Å². The molecule has 0 aliphatic carbocycles. The van der Waals surface area contributed by atoms with E-state index in [-0.39, 0.29) is 53.8 Å². The Balaban J connectivity index is 0.00000202. The van der Waals surface area contributed by atoms with Crippen LogP contribution in [0.3, 0.4) is 0 Å². The molecule has 1 aliphatic rings.